The normalized spacial score (nSPS) is 10.9. The summed E-state index contributed by atoms with van der Waals surface area (Å²) in [6, 6.07) is 8.28. The van der Waals surface area contributed by atoms with Gasteiger partial charge in [-0.3, -0.25) is 4.79 Å². The zero-order valence-corrected chi connectivity index (χ0v) is 18.8. The van der Waals surface area contributed by atoms with Crippen LogP contribution < -0.4 is 10.1 Å². The lowest BCUT2D eigenvalue weighted by Crippen LogP contribution is -2.18. The number of hydrogen-bond donors (Lipinski definition) is 1. The second kappa shape index (κ2) is 8.89. The van der Waals surface area contributed by atoms with Gasteiger partial charge < -0.3 is 14.8 Å². The molecule has 8 nitrogen and oxygen atoms in total. The zero-order chi connectivity index (χ0) is 24.6. The molecule has 1 N–H and O–H groups in total. The third-order valence-electron chi connectivity index (χ3n) is 5.38. The molecule has 0 atom stereocenters. The predicted molar refractivity (Wildman–Crippen MR) is 120 cm³/mol. The van der Waals surface area contributed by atoms with Gasteiger partial charge in [0.05, 0.1) is 19.8 Å². The van der Waals surface area contributed by atoms with Crippen LogP contribution in [0, 0.1) is 18.6 Å². The Morgan fingerprint density at radius 3 is 2.38 bits per heavy atom. The maximum atomic E-state index is 16.0. The van der Waals surface area contributed by atoms with Crippen LogP contribution >= 0.6 is 0 Å². The number of rotatable bonds is 5. The summed E-state index contributed by atoms with van der Waals surface area (Å²) in [5, 5.41) is 6.87. The van der Waals surface area contributed by atoms with Crippen LogP contribution in [0.1, 0.15) is 26.4 Å². The molecule has 0 aliphatic rings. The van der Waals surface area contributed by atoms with Crippen molar-refractivity contribution in [3.05, 3.63) is 71.1 Å². The van der Waals surface area contributed by atoms with Gasteiger partial charge >= 0.3 is 5.97 Å². The van der Waals surface area contributed by atoms with Crippen LogP contribution in [0.3, 0.4) is 0 Å². The number of pyridine rings is 2. The topological polar surface area (TPSA) is 94.8 Å². The highest BCUT2D eigenvalue weighted by Gasteiger charge is 2.26. The molecule has 0 aliphatic carbocycles. The van der Waals surface area contributed by atoms with E-state index in [0.717, 1.165) is 0 Å². The first kappa shape index (κ1) is 22.8. The van der Waals surface area contributed by atoms with Gasteiger partial charge in [-0.25, -0.2) is 23.1 Å². The maximum Gasteiger partial charge on any atom is 0.343 e. The molecular weight excluding hydrogens is 446 g/mol. The van der Waals surface area contributed by atoms with Crippen molar-refractivity contribution in [2.75, 3.05) is 21.3 Å². The van der Waals surface area contributed by atoms with E-state index in [1.807, 2.05) is 0 Å². The van der Waals surface area contributed by atoms with Crippen molar-refractivity contribution in [3.8, 4) is 28.3 Å². The monoisotopic (exact) mass is 466 g/mol. The van der Waals surface area contributed by atoms with Crippen LogP contribution in [0.2, 0.25) is 0 Å². The number of benzene rings is 1. The van der Waals surface area contributed by atoms with E-state index in [0.29, 0.717) is 16.8 Å². The highest BCUT2D eigenvalue weighted by molar-refractivity contribution is 6.07. The minimum absolute atomic E-state index is 0.0132. The summed E-state index contributed by atoms with van der Waals surface area (Å²) in [4.78, 5) is 29.3. The Morgan fingerprint density at radius 2 is 1.76 bits per heavy atom. The average molecular weight is 466 g/mol. The molecule has 0 spiro atoms. The van der Waals surface area contributed by atoms with Crippen molar-refractivity contribution >= 4 is 17.4 Å². The fourth-order valence-electron chi connectivity index (χ4n) is 3.72. The molecule has 3 aromatic heterocycles. The number of nitrogens with zero attached hydrogens (tertiary/aromatic N) is 3. The standard InChI is InChI=1S/C24H20F2N4O4/c1-12-16(11-17(24(32)34-4)23(28-12)33-3)15-9-10-30-21(19(15)26)18(22(31)27-2)20(29-30)13-5-7-14(25)8-6-13/h5-11H,1-4H3,(H,27,31). The minimum atomic E-state index is -0.743. The van der Waals surface area contributed by atoms with E-state index in [2.05, 4.69) is 15.4 Å². The molecule has 4 rings (SSSR count). The molecule has 0 unspecified atom stereocenters. The molecule has 0 saturated carbocycles. The zero-order valence-electron chi connectivity index (χ0n) is 18.8. The van der Waals surface area contributed by atoms with Gasteiger partial charge in [-0.1, -0.05) is 0 Å². The highest BCUT2D eigenvalue weighted by atomic mass is 19.1. The van der Waals surface area contributed by atoms with Crippen molar-refractivity contribution in [2.45, 2.75) is 6.92 Å². The lowest BCUT2D eigenvalue weighted by Gasteiger charge is -2.13. The van der Waals surface area contributed by atoms with Crippen molar-refractivity contribution in [1.82, 2.24) is 19.9 Å². The van der Waals surface area contributed by atoms with Gasteiger partial charge in [-0.05, 0) is 43.3 Å². The van der Waals surface area contributed by atoms with Gasteiger partial charge in [0.25, 0.3) is 5.91 Å². The van der Waals surface area contributed by atoms with Gasteiger partial charge in [0.1, 0.15) is 22.6 Å². The Morgan fingerprint density at radius 1 is 1.06 bits per heavy atom. The van der Waals surface area contributed by atoms with Gasteiger partial charge in [0.15, 0.2) is 5.82 Å². The fourth-order valence-corrected chi connectivity index (χ4v) is 3.72. The molecule has 0 bridgehead atoms. The summed E-state index contributed by atoms with van der Waals surface area (Å²) >= 11 is 0. The van der Waals surface area contributed by atoms with Crippen LogP contribution in [0.25, 0.3) is 27.9 Å². The number of halogens is 2. The van der Waals surface area contributed by atoms with Gasteiger partial charge in [0.2, 0.25) is 5.88 Å². The lowest BCUT2D eigenvalue weighted by atomic mass is 10.00. The number of carbonyl (C=O) groups excluding carboxylic acids is 2. The number of esters is 1. The number of carbonyl (C=O) groups is 2. The molecule has 3 heterocycles. The second-order valence-corrected chi connectivity index (χ2v) is 7.32. The number of hydrogen-bond acceptors (Lipinski definition) is 6. The van der Waals surface area contributed by atoms with Gasteiger partial charge in [0, 0.05) is 35.6 Å². The highest BCUT2D eigenvalue weighted by Crippen LogP contribution is 2.35. The molecule has 0 radical (unpaired) electrons. The van der Waals surface area contributed by atoms with Crippen molar-refractivity contribution in [1.29, 1.82) is 0 Å². The third kappa shape index (κ3) is 3.72. The van der Waals surface area contributed by atoms with Crippen LogP contribution in [0.4, 0.5) is 8.78 Å². The number of methoxy groups -OCH3 is 2. The molecule has 174 valence electrons. The van der Waals surface area contributed by atoms with Gasteiger partial charge in [-0.2, -0.15) is 5.10 Å². The minimum Gasteiger partial charge on any atom is -0.480 e. The van der Waals surface area contributed by atoms with Crippen LogP contribution in [0.5, 0.6) is 5.88 Å². The molecule has 34 heavy (non-hydrogen) atoms. The summed E-state index contributed by atoms with van der Waals surface area (Å²) in [6.45, 7) is 1.64. The summed E-state index contributed by atoms with van der Waals surface area (Å²) < 4.78 is 40.6. The fraction of sp³-hybridized carbons (Fsp3) is 0.167. The van der Waals surface area contributed by atoms with Crippen molar-refractivity contribution in [3.63, 3.8) is 0 Å². The number of amides is 1. The Kier molecular flexibility index (Phi) is 5.97. The largest absolute Gasteiger partial charge is 0.480 e. The van der Waals surface area contributed by atoms with E-state index < -0.39 is 23.5 Å². The van der Waals surface area contributed by atoms with Gasteiger partial charge in [-0.15, -0.1) is 0 Å². The average Bonchev–Trinajstić information content (AvgIpc) is 3.24. The number of nitrogens with one attached hydrogen (secondary N) is 1. The quantitative estimate of drug-likeness (QED) is 0.450. The van der Waals surface area contributed by atoms with E-state index in [9.17, 15) is 14.0 Å². The molecule has 10 heteroatoms. The molecule has 0 saturated heterocycles. The molecule has 1 aromatic carbocycles. The first-order chi connectivity index (χ1) is 16.3. The number of aromatic nitrogens is 3. The molecule has 0 fully saturated rings. The molecule has 1 amide bonds. The summed E-state index contributed by atoms with van der Waals surface area (Å²) in [5.41, 5.74) is 1.38. The van der Waals surface area contributed by atoms with E-state index in [-0.39, 0.29) is 33.8 Å². The first-order valence-electron chi connectivity index (χ1n) is 10.1. The summed E-state index contributed by atoms with van der Waals surface area (Å²) in [6.07, 6.45) is 1.49. The molecule has 4 aromatic rings. The van der Waals surface area contributed by atoms with Crippen LogP contribution in [-0.4, -0.2) is 47.7 Å². The first-order valence-corrected chi connectivity index (χ1v) is 10.1. The molecular formula is C24H20F2N4O4. The van der Waals surface area contributed by atoms with E-state index >= 15 is 4.39 Å². The Labute approximate surface area is 193 Å². The molecule has 0 aliphatic heterocycles. The SMILES string of the molecule is CNC(=O)c1c(-c2ccc(F)cc2)nn2ccc(-c3cc(C(=O)OC)c(OC)nc3C)c(F)c12. The summed E-state index contributed by atoms with van der Waals surface area (Å²) in [7, 11) is 3.99. The Bertz CT molecular complexity index is 1430. The number of aryl methyl sites for hydroxylation is 1. The van der Waals surface area contributed by atoms with E-state index in [1.54, 1.807) is 6.92 Å². The predicted octanol–water partition coefficient (Wildman–Crippen LogP) is 3.80. The maximum absolute atomic E-state index is 16.0. The number of fused-ring (bicyclic) bond motifs is 1. The van der Waals surface area contributed by atoms with Crippen molar-refractivity contribution in [2.24, 2.45) is 0 Å². The Hall–Kier alpha value is -4.34. The smallest absolute Gasteiger partial charge is 0.343 e. The Balaban J connectivity index is 2.01. The lowest BCUT2D eigenvalue weighted by molar-refractivity contribution is 0.0596. The second-order valence-electron chi connectivity index (χ2n) is 7.32. The van der Waals surface area contributed by atoms with E-state index in [4.69, 9.17) is 9.47 Å². The van der Waals surface area contributed by atoms with Crippen LogP contribution in [-0.2, 0) is 4.74 Å². The summed E-state index contributed by atoms with van der Waals surface area (Å²) in [5.74, 6) is -2.41. The van der Waals surface area contributed by atoms with E-state index in [1.165, 1.54) is 68.4 Å². The van der Waals surface area contributed by atoms with Crippen molar-refractivity contribution < 1.29 is 27.8 Å². The van der Waals surface area contributed by atoms with Crippen LogP contribution in [0.15, 0.2) is 42.6 Å². The third-order valence-corrected chi connectivity index (χ3v) is 5.38. The number of ether oxygens (including phenoxy) is 2.